The summed E-state index contributed by atoms with van der Waals surface area (Å²) < 4.78 is 55.4. The van der Waals surface area contributed by atoms with Crippen molar-refractivity contribution in [2.75, 3.05) is 32.7 Å². The van der Waals surface area contributed by atoms with E-state index in [1.165, 1.54) is 11.2 Å². The summed E-state index contributed by atoms with van der Waals surface area (Å²) in [6, 6.07) is 3.07. The van der Waals surface area contributed by atoms with Crippen LogP contribution in [-0.4, -0.2) is 84.2 Å². The van der Waals surface area contributed by atoms with Gasteiger partial charge in [0.05, 0.1) is 17.5 Å². The molecule has 0 spiro atoms. The fourth-order valence-corrected chi connectivity index (χ4v) is 5.55. The number of halogens is 4. The molecule has 2 saturated heterocycles. The number of likely N-dealkylation sites (tertiary alicyclic amines) is 2. The Bertz CT molecular complexity index is 1520. The van der Waals surface area contributed by atoms with Crippen LogP contribution in [0.4, 0.5) is 17.6 Å². The van der Waals surface area contributed by atoms with Crippen molar-refractivity contribution in [1.29, 1.82) is 0 Å². The van der Waals surface area contributed by atoms with Crippen LogP contribution in [0, 0.1) is 5.82 Å². The Morgan fingerprint density at radius 3 is 2.64 bits per heavy atom. The first kappa shape index (κ1) is 25.4. The van der Waals surface area contributed by atoms with Gasteiger partial charge in [-0.05, 0) is 25.0 Å². The number of H-pyrrole nitrogens is 1. The second kappa shape index (κ2) is 9.38. The number of amides is 1. The molecular weight excluding hydrogens is 518 g/mol. The number of aromatic amines is 1. The van der Waals surface area contributed by atoms with Gasteiger partial charge in [0, 0.05) is 68.3 Å². The average Bonchev–Trinajstić information content (AvgIpc) is 3.58. The molecular formula is C25H25F4N9O. The number of carbonyl (C=O) groups is 1. The van der Waals surface area contributed by atoms with Crippen LogP contribution < -0.4 is 5.73 Å². The highest BCUT2D eigenvalue weighted by Crippen LogP contribution is 2.35. The first-order valence-electron chi connectivity index (χ1n) is 12.5. The zero-order chi connectivity index (χ0) is 27.4. The van der Waals surface area contributed by atoms with Gasteiger partial charge in [0.15, 0.2) is 11.5 Å². The largest absolute Gasteiger partial charge is 0.436 e. The number of aromatic nitrogens is 6. The maximum absolute atomic E-state index is 14.4. The molecule has 0 atom stereocenters. The zero-order valence-corrected chi connectivity index (χ0v) is 20.7. The number of rotatable bonds is 5. The number of alkyl halides is 3. The van der Waals surface area contributed by atoms with Gasteiger partial charge in [0.25, 0.3) is 5.91 Å². The van der Waals surface area contributed by atoms with Crippen molar-refractivity contribution in [2.45, 2.75) is 30.6 Å². The van der Waals surface area contributed by atoms with Crippen LogP contribution in [-0.2, 0) is 11.7 Å². The van der Waals surface area contributed by atoms with Crippen molar-refractivity contribution in [1.82, 2.24) is 39.5 Å². The second-order valence-corrected chi connectivity index (χ2v) is 10.0. The van der Waals surface area contributed by atoms with E-state index in [0.29, 0.717) is 45.6 Å². The summed E-state index contributed by atoms with van der Waals surface area (Å²) in [5.41, 5.74) is 5.91. The van der Waals surface area contributed by atoms with Crippen molar-refractivity contribution >= 4 is 16.9 Å². The third-order valence-electron chi connectivity index (χ3n) is 7.73. The van der Waals surface area contributed by atoms with Crippen molar-refractivity contribution in [3.63, 3.8) is 0 Å². The summed E-state index contributed by atoms with van der Waals surface area (Å²) in [6.07, 6.45) is 4.09. The van der Waals surface area contributed by atoms with E-state index in [9.17, 15) is 22.4 Å². The topological polar surface area (TPSA) is 122 Å². The number of piperidine rings is 1. The van der Waals surface area contributed by atoms with Gasteiger partial charge in [-0.15, -0.1) is 0 Å². The molecule has 0 aromatic carbocycles. The number of hydrogen-bond donors (Lipinski definition) is 2. The normalized spacial score (nSPS) is 18.4. The molecule has 0 aliphatic carbocycles. The lowest BCUT2D eigenvalue weighted by Crippen LogP contribution is -2.69. The number of hydrogen-bond acceptors (Lipinski definition) is 7. The van der Waals surface area contributed by atoms with E-state index in [4.69, 9.17) is 5.73 Å². The fourth-order valence-electron chi connectivity index (χ4n) is 5.55. The minimum Gasteiger partial charge on any atom is -0.346 e. The Hall–Kier alpha value is -3.91. The molecule has 14 heteroatoms. The van der Waals surface area contributed by atoms with Gasteiger partial charge in [-0.3, -0.25) is 14.4 Å². The van der Waals surface area contributed by atoms with E-state index in [-0.39, 0.29) is 11.6 Å². The van der Waals surface area contributed by atoms with Crippen molar-refractivity contribution < 1.29 is 22.4 Å². The van der Waals surface area contributed by atoms with E-state index in [1.807, 2.05) is 23.1 Å². The lowest BCUT2D eigenvalue weighted by Gasteiger charge is -2.54. The molecule has 6 heterocycles. The monoisotopic (exact) mass is 543 g/mol. The van der Waals surface area contributed by atoms with Crippen LogP contribution in [0.5, 0.6) is 0 Å². The Kier molecular flexibility index (Phi) is 6.10. The van der Waals surface area contributed by atoms with Crippen LogP contribution in [0.2, 0.25) is 0 Å². The fraction of sp³-hybridized carbons (Fsp3) is 0.400. The highest BCUT2D eigenvalue weighted by molar-refractivity contribution is 5.94. The van der Waals surface area contributed by atoms with Crippen molar-refractivity contribution in [2.24, 2.45) is 5.73 Å². The minimum atomic E-state index is -4.97. The van der Waals surface area contributed by atoms with Crippen LogP contribution in [0.1, 0.15) is 28.9 Å². The molecule has 0 bridgehead atoms. The van der Waals surface area contributed by atoms with Crippen LogP contribution in [0.25, 0.3) is 22.3 Å². The summed E-state index contributed by atoms with van der Waals surface area (Å²) in [7, 11) is 0. The number of nitrogens with one attached hydrogen (secondary N) is 1. The summed E-state index contributed by atoms with van der Waals surface area (Å²) in [6.45, 7) is 2.34. The predicted octanol–water partition coefficient (Wildman–Crippen LogP) is 2.65. The molecule has 0 unspecified atom stereocenters. The van der Waals surface area contributed by atoms with Gasteiger partial charge >= 0.3 is 6.18 Å². The third kappa shape index (κ3) is 4.33. The molecule has 0 saturated carbocycles. The van der Waals surface area contributed by atoms with E-state index in [0.717, 1.165) is 34.6 Å². The van der Waals surface area contributed by atoms with E-state index in [1.54, 1.807) is 6.20 Å². The SMILES string of the molecule is NCC1(n2cc(-c3ncnc4[nH]ccc34)cn2)CN(C2CCN(C(=O)c3ccnc(C(F)(F)F)c3F)CC2)C1. The number of nitrogens with two attached hydrogens (primary N) is 1. The molecule has 0 radical (unpaired) electrons. The van der Waals surface area contributed by atoms with Gasteiger partial charge in [-0.2, -0.15) is 18.3 Å². The third-order valence-corrected chi connectivity index (χ3v) is 7.73. The molecule has 6 rings (SSSR count). The number of nitrogens with zero attached hydrogens (tertiary/aromatic N) is 7. The molecule has 4 aromatic rings. The van der Waals surface area contributed by atoms with E-state index >= 15 is 0 Å². The molecule has 39 heavy (non-hydrogen) atoms. The molecule has 1 amide bonds. The summed E-state index contributed by atoms with van der Waals surface area (Å²) in [5.74, 6) is -2.39. The summed E-state index contributed by atoms with van der Waals surface area (Å²) >= 11 is 0. The van der Waals surface area contributed by atoms with E-state index < -0.39 is 29.2 Å². The number of fused-ring (bicyclic) bond motifs is 1. The lowest BCUT2D eigenvalue weighted by molar-refractivity contribution is -0.143. The molecule has 2 aliphatic rings. The van der Waals surface area contributed by atoms with Crippen LogP contribution in [0.15, 0.2) is 43.2 Å². The second-order valence-electron chi connectivity index (χ2n) is 10.0. The number of pyridine rings is 1. The van der Waals surface area contributed by atoms with Gasteiger partial charge in [-0.25, -0.2) is 19.3 Å². The average molecular weight is 544 g/mol. The Labute approximate surface area is 219 Å². The quantitative estimate of drug-likeness (QED) is 0.371. The first-order chi connectivity index (χ1) is 18.7. The summed E-state index contributed by atoms with van der Waals surface area (Å²) in [5, 5.41) is 5.50. The smallest absolute Gasteiger partial charge is 0.346 e. The standard InChI is InChI=1S/C25H25F4N9O/c26-19-17(1-5-31-21(19)25(27,28)29)23(39)36-7-3-16(4-8-36)37-12-24(11-30,13-37)38-10-15(9-35-38)20-18-2-6-32-22(18)34-14-33-20/h1-2,5-6,9-10,14,16H,3-4,7-8,11-13,30H2,(H,32,33,34). The van der Waals surface area contributed by atoms with Gasteiger partial charge in [0.2, 0.25) is 0 Å². The lowest BCUT2D eigenvalue weighted by atomic mass is 9.86. The molecule has 2 aliphatic heterocycles. The Morgan fingerprint density at radius 2 is 1.92 bits per heavy atom. The van der Waals surface area contributed by atoms with Crippen LogP contribution >= 0.6 is 0 Å². The van der Waals surface area contributed by atoms with Crippen molar-refractivity contribution in [3.8, 4) is 11.3 Å². The van der Waals surface area contributed by atoms with E-state index in [2.05, 4.69) is 29.9 Å². The number of carbonyl (C=O) groups excluding carboxylic acids is 1. The minimum absolute atomic E-state index is 0.165. The van der Waals surface area contributed by atoms with Crippen LogP contribution in [0.3, 0.4) is 0 Å². The van der Waals surface area contributed by atoms with Gasteiger partial charge in [0.1, 0.15) is 17.5 Å². The highest BCUT2D eigenvalue weighted by atomic mass is 19.4. The Morgan fingerprint density at radius 1 is 1.15 bits per heavy atom. The molecule has 4 aromatic heterocycles. The molecule has 3 N–H and O–H groups in total. The van der Waals surface area contributed by atoms with Crippen molar-refractivity contribution in [3.05, 3.63) is 60.3 Å². The molecule has 10 nitrogen and oxygen atoms in total. The first-order valence-corrected chi connectivity index (χ1v) is 12.5. The highest BCUT2D eigenvalue weighted by Gasteiger charge is 2.47. The maximum atomic E-state index is 14.4. The Balaban J connectivity index is 1.10. The molecule has 2 fully saturated rings. The van der Waals surface area contributed by atoms with Gasteiger partial charge in [-0.1, -0.05) is 0 Å². The zero-order valence-electron chi connectivity index (χ0n) is 20.7. The summed E-state index contributed by atoms with van der Waals surface area (Å²) in [4.78, 5) is 31.3. The predicted molar refractivity (Wildman–Crippen MR) is 132 cm³/mol. The van der Waals surface area contributed by atoms with Gasteiger partial charge < -0.3 is 15.6 Å². The molecule has 204 valence electrons. The maximum Gasteiger partial charge on any atom is 0.436 e.